The van der Waals surface area contributed by atoms with E-state index in [2.05, 4.69) is 4.98 Å². The lowest BCUT2D eigenvalue weighted by Crippen LogP contribution is -2.12. The van der Waals surface area contributed by atoms with Crippen molar-refractivity contribution >= 4 is 20.8 Å². The molecule has 2 rings (SSSR count). The quantitative estimate of drug-likeness (QED) is 0.723. The normalized spacial score (nSPS) is 11.8. The lowest BCUT2D eigenvalue weighted by Gasteiger charge is -2.00. The maximum Gasteiger partial charge on any atom is 0.255 e. The molecule has 2 aromatic rings. The smallest absolute Gasteiger partial charge is 0.255 e. The molecule has 0 spiro atoms. The highest BCUT2D eigenvalue weighted by atomic mass is 32.2. The number of H-pyrrole nitrogens is 1. The number of fused-ring (bicyclic) bond motifs is 1. The predicted molar refractivity (Wildman–Crippen MR) is 55.9 cm³/mol. The average molecular weight is 224 g/mol. The number of hydrogen-bond acceptors (Lipinski definition) is 3. The van der Waals surface area contributed by atoms with Crippen LogP contribution in [-0.4, -0.2) is 13.4 Å². The summed E-state index contributed by atoms with van der Waals surface area (Å²) in [6.45, 7) is 0. The van der Waals surface area contributed by atoms with E-state index in [1.54, 1.807) is 6.07 Å². The maximum absolute atomic E-state index is 11.3. The number of pyridine rings is 1. The zero-order valence-electron chi connectivity index (χ0n) is 7.60. The molecule has 0 aliphatic carbocycles. The lowest BCUT2D eigenvalue weighted by atomic mass is 10.2. The van der Waals surface area contributed by atoms with Crippen LogP contribution >= 0.6 is 0 Å². The Balaban J connectivity index is 2.85. The molecule has 0 unspecified atom stereocenters. The second kappa shape index (κ2) is 3.18. The van der Waals surface area contributed by atoms with Crippen molar-refractivity contribution in [2.24, 2.45) is 5.14 Å². The third-order valence-electron chi connectivity index (χ3n) is 2.07. The number of aromatic amines is 1. The molecule has 78 valence electrons. The van der Waals surface area contributed by atoms with Gasteiger partial charge in [-0.2, -0.15) is 0 Å². The standard InChI is InChI=1S/C9H8N2O3S/c10-15(13,14)7-1-2-8-6(5-7)3-4-11-9(8)12/h1-5H,(H,11,12)(H2,10,13,14). The fourth-order valence-electron chi connectivity index (χ4n) is 1.35. The van der Waals surface area contributed by atoms with Crippen LogP contribution in [0.2, 0.25) is 0 Å². The first-order valence-electron chi connectivity index (χ1n) is 4.13. The van der Waals surface area contributed by atoms with Crippen LogP contribution in [0.15, 0.2) is 40.2 Å². The summed E-state index contributed by atoms with van der Waals surface area (Å²) < 4.78 is 22.1. The summed E-state index contributed by atoms with van der Waals surface area (Å²) in [7, 11) is -3.72. The average Bonchev–Trinajstić information content (AvgIpc) is 2.16. The SMILES string of the molecule is NS(=O)(=O)c1ccc2c(=O)[nH]ccc2c1. The third-order valence-corrected chi connectivity index (χ3v) is 2.98. The van der Waals surface area contributed by atoms with Crippen molar-refractivity contribution in [3.63, 3.8) is 0 Å². The van der Waals surface area contributed by atoms with Crippen molar-refractivity contribution in [1.82, 2.24) is 4.98 Å². The van der Waals surface area contributed by atoms with Crippen molar-refractivity contribution in [1.29, 1.82) is 0 Å². The van der Waals surface area contributed by atoms with E-state index in [1.807, 2.05) is 0 Å². The van der Waals surface area contributed by atoms with E-state index in [1.165, 1.54) is 24.4 Å². The molecule has 0 saturated carbocycles. The van der Waals surface area contributed by atoms with Gasteiger partial charge in [0.15, 0.2) is 0 Å². The molecule has 0 aliphatic heterocycles. The molecule has 0 aliphatic rings. The Morgan fingerprint density at radius 3 is 2.60 bits per heavy atom. The van der Waals surface area contributed by atoms with E-state index in [0.29, 0.717) is 10.8 Å². The van der Waals surface area contributed by atoms with Gasteiger partial charge in [0.05, 0.1) is 4.90 Å². The van der Waals surface area contributed by atoms with Gasteiger partial charge >= 0.3 is 0 Å². The van der Waals surface area contributed by atoms with Gasteiger partial charge < -0.3 is 4.98 Å². The molecule has 0 saturated heterocycles. The first kappa shape index (κ1) is 9.88. The molecular weight excluding hydrogens is 216 g/mol. The Kier molecular flexibility index (Phi) is 2.09. The van der Waals surface area contributed by atoms with Gasteiger partial charge in [-0.15, -0.1) is 0 Å². The van der Waals surface area contributed by atoms with E-state index in [4.69, 9.17) is 5.14 Å². The van der Waals surface area contributed by atoms with E-state index in [9.17, 15) is 13.2 Å². The fraction of sp³-hybridized carbons (Fsp3) is 0. The summed E-state index contributed by atoms with van der Waals surface area (Å²) in [6.07, 6.45) is 1.46. The maximum atomic E-state index is 11.3. The zero-order valence-corrected chi connectivity index (χ0v) is 8.41. The number of rotatable bonds is 1. The molecular formula is C9H8N2O3S. The molecule has 0 fully saturated rings. The molecule has 1 aromatic heterocycles. The molecule has 0 atom stereocenters. The van der Waals surface area contributed by atoms with Crippen molar-refractivity contribution in [2.45, 2.75) is 4.90 Å². The van der Waals surface area contributed by atoms with Gasteiger partial charge in [-0.1, -0.05) is 0 Å². The first-order chi connectivity index (χ1) is 6.98. The largest absolute Gasteiger partial charge is 0.329 e. The molecule has 3 N–H and O–H groups in total. The van der Waals surface area contributed by atoms with Crippen LogP contribution in [0.5, 0.6) is 0 Å². The number of hydrogen-bond donors (Lipinski definition) is 2. The highest BCUT2D eigenvalue weighted by Crippen LogP contribution is 2.14. The van der Waals surface area contributed by atoms with Gasteiger partial charge in [-0.3, -0.25) is 4.79 Å². The van der Waals surface area contributed by atoms with Crippen LogP contribution in [-0.2, 0) is 10.0 Å². The van der Waals surface area contributed by atoms with Crippen molar-refractivity contribution < 1.29 is 8.42 Å². The summed E-state index contributed by atoms with van der Waals surface area (Å²) in [6, 6.07) is 5.74. The summed E-state index contributed by atoms with van der Waals surface area (Å²) in [5.74, 6) is 0. The molecule has 1 heterocycles. The molecule has 6 heteroatoms. The Bertz CT molecular complexity index is 673. The number of aromatic nitrogens is 1. The summed E-state index contributed by atoms with van der Waals surface area (Å²) in [5.41, 5.74) is -0.256. The Morgan fingerprint density at radius 2 is 1.93 bits per heavy atom. The van der Waals surface area contributed by atoms with Crippen molar-refractivity contribution in [3.05, 3.63) is 40.8 Å². The summed E-state index contributed by atoms with van der Waals surface area (Å²) >= 11 is 0. The molecule has 15 heavy (non-hydrogen) atoms. The minimum atomic E-state index is -3.72. The van der Waals surface area contributed by atoms with Crippen LogP contribution in [0.1, 0.15) is 0 Å². The van der Waals surface area contributed by atoms with Crippen LogP contribution in [0, 0.1) is 0 Å². The van der Waals surface area contributed by atoms with E-state index in [-0.39, 0.29) is 10.5 Å². The monoisotopic (exact) mass is 224 g/mol. The van der Waals surface area contributed by atoms with Gasteiger partial charge in [0.1, 0.15) is 0 Å². The van der Waals surface area contributed by atoms with Crippen LogP contribution in [0.4, 0.5) is 0 Å². The number of nitrogens with one attached hydrogen (secondary N) is 1. The summed E-state index contributed by atoms with van der Waals surface area (Å²) in [5, 5.41) is 5.95. The molecule has 5 nitrogen and oxygen atoms in total. The number of nitrogens with two attached hydrogens (primary N) is 1. The molecule has 1 aromatic carbocycles. The van der Waals surface area contributed by atoms with Gasteiger partial charge in [0.25, 0.3) is 5.56 Å². The number of benzene rings is 1. The molecule has 0 amide bonds. The highest BCUT2D eigenvalue weighted by Gasteiger charge is 2.08. The van der Waals surface area contributed by atoms with Crippen LogP contribution in [0.3, 0.4) is 0 Å². The number of sulfonamides is 1. The van der Waals surface area contributed by atoms with Gasteiger partial charge in [0.2, 0.25) is 10.0 Å². The Morgan fingerprint density at radius 1 is 1.20 bits per heavy atom. The third kappa shape index (κ3) is 1.77. The van der Waals surface area contributed by atoms with Crippen molar-refractivity contribution in [3.8, 4) is 0 Å². The highest BCUT2D eigenvalue weighted by molar-refractivity contribution is 7.89. The van der Waals surface area contributed by atoms with Gasteiger partial charge in [-0.25, -0.2) is 13.6 Å². The van der Waals surface area contributed by atoms with Gasteiger partial charge in [0, 0.05) is 11.6 Å². The zero-order chi connectivity index (χ0) is 11.1. The second-order valence-electron chi connectivity index (χ2n) is 3.10. The fourth-order valence-corrected chi connectivity index (χ4v) is 1.90. The minimum Gasteiger partial charge on any atom is -0.329 e. The molecule has 0 radical (unpaired) electrons. The van der Waals surface area contributed by atoms with E-state index < -0.39 is 10.0 Å². The minimum absolute atomic E-state index is 0.000556. The van der Waals surface area contributed by atoms with E-state index in [0.717, 1.165) is 0 Å². The summed E-state index contributed by atoms with van der Waals surface area (Å²) in [4.78, 5) is 13.8. The topological polar surface area (TPSA) is 93.0 Å². The van der Waals surface area contributed by atoms with E-state index >= 15 is 0 Å². The Hall–Kier alpha value is -1.66. The second-order valence-corrected chi connectivity index (χ2v) is 4.66. The first-order valence-corrected chi connectivity index (χ1v) is 5.67. The Labute approximate surface area is 85.6 Å². The molecule has 0 bridgehead atoms. The van der Waals surface area contributed by atoms with Gasteiger partial charge in [-0.05, 0) is 29.7 Å². The lowest BCUT2D eigenvalue weighted by molar-refractivity contribution is 0.598. The van der Waals surface area contributed by atoms with Crippen LogP contribution in [0.25, 0.3) is 10.8 Å². The predicted octanol–water partition coefficient (Wildman–Crippen LogP) is 0.175. The number of primary sulfonamides is 1. The van der Waals surface area contributed by atoms with Crippen LogP contribution < -0.4 is 10.7 Å². The van der Waals surface area contributed by atoms with Crippen molar-refractivity contribution in [2.75, 3.05) is 0 Å².